The number of rotatable bonds is 9. The van der Waals surface area contributed by atoms with Gasteiger partial charge in [0, 0.05) is 17.4 Å². The summed E-state index contributed by atoms with van der Waals surface area (Å²) in [5.41, 5.74) is 2.27. The Hall–Kier alpha value is -3.19. The topological polar surface area (TPSA) is 137 Å². The second kappa shape index (κ2) is 10.4. The Morgan fingerprint density at radius 2 is 1.82 bits per heavy atom. The van der Waals surface area contributed by atoms with Gasteiger partial charge in [-0.15, -0.1) is 0 Å². The van der Waals surface area contributed by atoms with Crippen molar-refractivity contribution in [2.75, 3.05) is 24.3 Å². The summed E-state index contributed by atoms with van der Waals surface area (Å²) in [6, 6.07) is 7.09. The summed E-state index contributed by atoms with van der Waals surface area (Å²) in [5, 5.41) is 7.23. The number of amides is 1. The van der Waals surface area contributed by atoms with Crippen LogP contribution in [-0.2, 0) is 21.4 Å². The third-order valence-electron chi connectivity index (χ3n) is 4.93. The summed E-state index contributed by atoms with van der Waals surface area (Å²) in [5.74, 6) is -0.439. The van der Waals surface area contributed by atoms with Gasteiger partial charge in [0.05, 0.1) is 41.7 Å². The van der Waals surface area contributed by atoms with Crippen molar-refractivity contribution in [2.24, 2.45) is 5.92 Å². The van der Waals surface area contributed by atoms with Crippen LogP contribution >= 0.6 is 15.9 Å². The van der Waals surface area contributed by atoms with Gasteiger partial charge in [-0.3, -0.25) is 14.2 Å². The quantitative estimate of drug-likeness (QED) is 0.413. The maximum absolute atomic E-state index is 12.8. The van der Waals surface area contributed by atoms with Crippen molar-refractivity contribution in [3.05, 3.63) is 46.2 Å². The summed E-state index contributed by atoms with van der Waals surface area (Å²) in [4.78, 5) is 20.5. The molecule has 1 atom stereocenters. The van der Waals surface area contributed by atoms with E-state index in [0.29, 0.717) is 12.2 Å². The molecule has 3 aromatic rings. The molecule has 1 aromatic carbocycles. The molecule has 0 aliphatic rings. The molecule has 1 unspecified atom stereocenters. The van der Waals surface area contributed by atoms with Gasteiger partial charge in [-0.25, -0.2) is 8.42 Å². The first-order valence-electron chi connectivity index (χ1n) is 10.1. The number of halogens is 1. The van der Waals surface area contributed by atoms with Gasteiger partial charge >= 0.3 is 6.01 Å². The van der Waals surface area contributed by atoms with Crippen LogP contribution in [0.5, 0.6) is 11.9 Å². The Morgan fingerprint density at radius 3 is 2.38 bits per heavy atom. The molecule has 0 fully saturated rings. The minimum atomic E-state index is -3.95. The first-order valence-corrected chi connectivity index (χ1v) is 12.4. The zero-order valence-electron chi connectivity index (χ0n) is 19.3. The Labute approximate surface area is 206 Å². The molecule has 2 heterocycles. The Balaban J connectivity index is 1.68. The minimum absolute atomic E-state index is 0.00862. The van der Waals surface area contributed by atoms with Gasteiger partial charge in [0.1, 0.15) is 0 Å². The molecule has 13 heteroatoms. The van der Waals surface area contributed by atoms with Crippen LogP contribution in [0.25, 0.3) is 0 Å². The number of aromatic nitrogens is 4. The molecule has 11 nitrogen and oxygen atoms in total. The van der Waals surface area contributed by atoms with Crippen LogP contribution in [0, 0.1) is 19.8 Å². The first-order chi connectivity index (χ1) is 16.0. The second-order valence-electron chi connectivity index (χ2n) is 7.47. The number of aryl methyl sites for hydroxylation is 1. The van der Waals surface area contributed by atoms with Crippen LogP contribution in [0.4, 0.5) is 11.5 Å². The summed E-state index contributed by atoms with van der Waals surface area (Å²) < 4.78 is 40.6. The lowest BCUT2D eigenvalue weighted by molar-refractivity contribution is -0.119. The summed E-state index contributed by atoms with van der Waals surface area (Å²) in [6.07, 6.45) is 0. The average molecular weight is 553 g/mol. The summed E-state index contributed by atoms with van der Waals surface area (Å²) in [6.45, 7) is 6.02. The number of nitrogens with zero attached hydrogens (tertiary/aromatic N) is 4. The highest BCUT2D eigenvalue weighted by Crippen LogP contribution is 2.23. The Morgan fingerprint density at radius 1 is 1.15 bits per heavy atom. The number of hydrogen-bond donors (Lipinski definition) is 2. The minimum Gasteiger partial charge on any atom is -0.481 e. The molecule has 0 spiro atoms. The van der Waals surface area contributed by atoms with Gasteiger partial charge in [-0.1, -0.05) is 6.92 Å². The molecule has 0 bridgehead atoms. The molecule has 0 aliphatic heterocycles. The van der Waals surface area contributed by atoms with E-state index in [9.17, 15) is 13.2 Å². The molecule has 0 saturated heterocycles. The largest absolute Gasteiger partial charge is 0.481 e. The van der Waals surface area contributed by atoms with E-state index < -0.39 is 10.0 Å². The molecule has 2 aromatic heterocycles. The van der Waals surface area contributed by atoms with E-state index in [1.807, 2.05) is 13.8 Å². The average Bonchev–Trinajstić information content (AvgIpc) is 3.05. The lowest BCUT2D eigenvalue weighted by atomic mass is 10.1. The maximum Gasteiger partial charge on any atom is 0.321 e. The van der Waals surface area contributed by atoms with Gasteiger partial charge in [0.25, 0.3) is 10.0 Å². The highest BCUT2D eigenvalue weighted by atomic mass is 79.9. The number of benzene rings is 1. The van der Waals surface area contributed by atoms with Gasteiger partial charge in [0.2, 0.25) is 11.8 Å². The number of methoxy groups -OCH3 is 2. The van der Waals surface area contributed by atoms with Crippen LogP contribution in [-0.4, -0.2) is 48.3 Å². The highest BCUT2D eigenvalue weighted by Gasteiger charge is 2.19. The Bertz CT molecular complexity index is 1270. The molecular formula is C21H25BrN6O5S. The number of hydrogen-bond acceptors (Lipinski definition) is 8. The van der Waals surface area contributed by atoms with Crippen molar-refractivity contribution in [1.29, 1.82) is 0 Å². The van der Waals surface area contributed by atoms with Crippen LogP contribution in [0.3, 0.4) is 0 Å². The van der Waals surface area contributed by atoms with Crippen LogP contribution in [0.15, 0.2) is 39.7 Å². The first kappa shape index (κ1) is 25.4. The van der Waals surface area contributed by atoms with Gasteiger partial charge in [0.15, 0.2) is 5.82 Å². The third kappa shape index (κ3) is 5.83. The molecule has 34 heavy (non-hydrogen) atoms. The van der Waals surface area contributed by atoms with E-state index in [4.69, 9.17) is 9.47 Å². The zero-order chi connectivity index (χ0) is 25.0. The molecule has 2 N–H and O–H groups in total. The molecular weight excluding hydrogens is 528 g/mol. The van der Waals surface area contributed by atoms with Gasteiger partial charge in [-0.2, -0.15) is 15.1 Å². The van der Waals surface area contributed by atoms with E-state index in [0.717, 1.165) is 15.9 Å². The van der Waals surface area contributed by atoms with E-state index in [-0.39, 0.29) is 34.4 Å². The monoisotopic (exact) mass is 552 g/mol. The summed E-state index contributed by atoms with van der Waals surface area (Å²) in [7, 11) is -1.20. The van der Waals surface area contributed by atoms with Gasteiger partial charge < -0.3 is 14.8 Å². The number of anilines is 2. The Kier molecular flexibility index (Phi) is 7.77. The standard InChI is InChI=1S/C21H25BrN6O5S/c1-12(11-28-14(3)19(22)13(2)26-28)20(29)23-15-6-8-16(9-7-15)34(30,31)27-17-10-18(32-4)25-21(24-17)33-5/h6-10,12H,11H2,1-5H3,(H,23,29)(H,24,25,27). The van der Waals surface area contributed by atoms with Crippen molar-refractivity contribution in [3.63, 3.8) is 0 Å². The van der Waals surface area contributed by atoms with E-state index in [1.165, 1.54) is 44.6 Å². The summed E-state index contributed by atoms with van der Waals surface area (Å²) >= 11 is 3.48. The van der Waals surface area contributed by atoms with E-state index in [1.54, 1.807) is 11.6 Å². The normalized spacial score (nSPS) is 12.2. The predicted octanol–water partition coefficient (Wildman–Crippen LogP) is 3.15. The van der Waals surface area contributed by atoms with Crippen molar-refractivity contribution in [2.45, 2.75) is 32.2 Å². The van der Waals surface area contributed by atoms with Crippen molar-refractivity contribution in [3.8, 4) is 11.9 Å². The molecule has 0 aliphatic carbocycles. The maximum atomic E-state index is 12.8. The fourth-order valence-corrected chi connectivity index (χ4v) is 4.30. The second-order valence-corrected chi connectivity index (χ2v) is 9.94. The van der Waals surface area contributed by atoms with Crippen molar-refractivity contribution >= 4 is 43.4 Å². The molecule has 1 amide bonds. The van der Waals surface area contributed by atoms with E-state index >= 15 is 0 Å². The number of ether oxygens (including phenoxy) is 2. The third-order valence-corrected chi connectivity index (χ3v) is 7.45. The fourth-order valence-electron chi connectivity index (χ4n) is 3.03. The van der Waals surface area contributed by atoms with Gasteiger partial charge in [-0.05, 0) is 54.0 Å². The molecule has 182 valence electrons. The molecule has 3 rings (SSSR count). The number of carbonyl (C=O) groups excluding carboxylic acids is 1. The zero-order valence-corrected chi connectivity index (χ0v) is 21.7. The number of carbonyl (C=O) groups is 1. The highest BCUT2D eigenvalue weighted by molar-refractivity contribution is 9.10. The number of sulfonamides is 1. The molecule has 0 radical (unpaired) electrons. The smallest absolute Gasteiger partial charge is 0.321 e. The van der Waals surface area contributed by atoms with E-state index in [2.05, 4.69) is 41.0 Å². The fraction of sp³-hybridized carbons (Fsp3) is 0.333. The van der Waals surface area contributed by atoms with Crippen LogP contribution in [0.1, 0.15) is 18.3 Å². The molecule has 0 saturated carbocycles. The predicted molar refractivity (Wildman–Crippen MR) is 130 cm³/mol. The van der Waals surface area contributed by atoms with Crippen LogP contribution < -0.4 is 19.5 Å². The van der Waals surface area contributed by atoms with Crippen molar-refractivity contribution < 1.29 is 22.7 Å². The van der Waals surface area contributed by atoms with Crippen LogP contribution in [0.2, 0.25) is 0 Å². The number of nitrogens with one attached hydrogen (secondary N) is 2. The lowest BCUT2D eigenvalue weighted by Gasteiger charge is -2.14. The lowest BCUT2D eigenvalue weighted by Crippen LogP contribution is -2.25. The van der Waals surface area contributed by atoms with Crippen molar-refractivity contribution in [1.82, 2.24) is 19.7 Å². The SMILES string of the molecule is COc1cc(NS(=O)(=O)c2ccc(NC(=O)C(C)Cn3nc(C)c(Br)c3C)cc2)nc(OC)n1.